The molecule has 0 atom stereocenters. The summed E-state index contributed by atoms with van der Waals surface area (Å²) in [5.41, 5.74) is 2.04. The van der Waals surface area contributed by atoms with Crippen molar-refractivity contribution in [1.29, 1.82) is 0 Å². The van der Waals surface area contributed by atoms with Gasteiger partial charge in [-0.2, -0.15) is 0 Å². The Kier molecular flexibility index (Phi) is 5.74. The summed E-state index contributed by atoms with van der Waals surface area (Å²) in [5, 5.41) is 3.33. The van der Waals surface area contributed by atoms with E-state index in [4.69, 9.17) is 4.74 Å². The van der Waals surface area contributed by atoms with E-state index in [0.717, 1.165) is 56.0 Å². The first-order valence-corrected chi connectivity index (χ1v) is 11.9. The molecule has 29 heavy (non-hydrogen) atoms. The van der Waals surface area contributed by atoms with Gasteiger partial charge >= 0.3 is 0 Å². The lowest BCUT2D eigenvalue weighted by molar-refractivity contribution is 0.156. The first kappa shape index (κ1) is 20.1. The third-order valence-corrected chi connectivity index (χ3v) is 7.41. The molecule has 0 amide bonds. The van der Waals surface area contributed by atoms with Gasteiger partial charge in [-0.25, -0.2) is 18.4 Å². The highest BCUT2D eigenvalue weighted by atomic mass is 32.2. The van der Waals surface area contributed by atoms with Crippen molar-refractivity contribution < 1.29 is 13.2 Å². The second kappa shape index (κ2) is 8.28. The fourth-order valence-electron chi connectivity index (χ4n) is 3.97. The Morgan fingerprint density at radius 2 is 2.00 bits per heavy atom. The monoisotopic (exact) mass is 416 g/mol. The molecule has 0 spiro atoms. The number of nitrogens with zero attached hydrogens (tertiary/aromatic N) is 3. The van der Waals surface area contributed by atoms with Crippen LogP contribution < -0.4 is 15.0 Å². The Hall–Kier alpha value is -2.19. The number of benzene rings is 1. The molecule has 7 nitrogen and oxygen atoms in total. The predicted molar refractivity (Wildman–Crippen MR) is 113 cm³/mol. The maximum Gasteiger partial charge on any atom is 0.218 e. The van der Waals surface area contributed by atoms with Gasteiger partial charge in [-0.15, -0.1) is 0 Å². The Morgan fingerprint density at radius 3 is 2.76 bits per heavy atom. The van der Waals surface area contributed by atoms with E-state index >= 15 is 0 Å². The van der Waals surface area contributed by atoms with Gasteiger partial charge in [-0.3, -0.25) is 0 Å². The van der Waals surface area contributed by atoms with Crippen LogP contribution in [-0.2, 0) is 16.3 Å². The molecular weight excluding hydrogens is 388 g/mol. The molecule has 1 aromatic carbocycles. The van der Waals surface area contributed by atoms with E-state index in [1.165, 1.54) is 6.33 Å². The number of rotatable bonds is 6. The molecule has 2 aliphatic rings. The lowest BCUT2D eigenvalue weighted by Crippen LogP contribution is -2.34. The van der Waals surface area contributed by atoms with Crippen LogP contribution >= 0.6 is 0 Å². The van der Waals surface area contributed by atoms with E-state index in [0.29, 0.717) is 10.8 Å². The molecule has 1 N–H and O–H groups in total. The van der Waals surface area contributed by atoms with Crippen LogP contribution in [0.15, 0.2) is 35.5 Å². The average molecular weight is 417 g/mol. The van der Waals surface area contributed by atoms with Crippen molar-refractivity contribution in [3.63, 3.8) is 0 Å². The fraction of sp³-hybridized carbons (Fsp3) is 0.524. The van der Waals surface area contributed by atoms with Gasteiger partial charge in [0.2, 0.25) is 5.88 Å². The van der Waals surface area contributed by atoms with Crippen molar-refractivity contribution in [1.82, 2.24) is 15.3 Å². The fourth-order valence-corrected chi connectivity index (χ4v) is 5.64. The topological polar surface area (TPSA) is 84.4 Å². The summed E-state index contributed by atoms with van der Waals surface area (Å²) in [6.07, 6.45) is 4.44. The number of aromatic nitrogens is 2. The lowest BCUT2D eigenvalue weighted by Gasteiger charge is -2.24. The highest BCUT2D eigenvalue weighted by Crippen LogP contribution is 2.36. The van der Waals surface area contributed by atoms with E-state index in [-0.39, 0.29) is 17.8 Å². The van der Waals surface area contributed by atoms with E-state index < -0.39 is 9.84 Å². The van der Waals surface area contributed by atoms with Crippen LogP contribution in [0.2, 0.25) is 0 Å². The molecule has 156 valence electrons. The third kappa shape index (κ3) is 4.53. The zero-order valence-corrected chi connectivity index (χ0v) is 17.8. The van der Waals surface area contributed by atoms with E-state index in [1.807, 2.05) is 32.0 Å². The van der Waals surface area contributed by atoms with Gasteiger partial charge in [0.25, 0.3) is 0 Å². The van der Waals surface area contributed by atoms with Crippen LogP contribution in [0.1, 0.15) is 32.3 Å². The van der Waals surface area contributed by atoms with Crippen molar-refractivity contribution in [2.75, 3.05) is 30.3 Å². The van der Waals surface area contributed by atoms with Crippen molar-refractivity contribution in [3.8, 4) is 5.88 Å². The summed E-state index contributed by atoms with van der Waals surface area (Å²) in [5.74, 6) is 1.63. The van der Waals surface area contributed by atoms with Crippen molar-refractivity contribution in [2.24, 2.45) is 5.92 Å². The minimum absolute atomic E-state index is 0.101. The Bertz CT molecular complexity index is 972. The third-order valence-electron chi connectivity index (χ3n) is 5.34. The molecule has 0 saturated carbocycles. The molecule has 0 aliphatic carbocycles. The molecule has 2 aromatic rings. The van der Waals surface area contributed by atoms with Crippen molar-refractivity contribution in [2.45, 2.75) is 44.1 Å². The van der Waals surface area contributed by atoms with Crippen molar-refractivity contribution in [3.05, 3.63) is 36.2 Å². The first-order valence-electron chi connectivity index (χ1n) is 10.2. The molecule has 1 saturated heterocycles. The molecule has 3 heterocycles. The Morgan fingerprint density at radius 1 is 1.21 bits per heavy atom. The van der Waals surface area contributed by atoms with Gasteiger partial charge in [-0.1, -0.05) is 13.8 Å². The zero-order chi connectivity index (χ0) is 20.4. The van der Waals surface area contributed by atoms with Crippen LogP contribution in [0.25, 0.3) is 0 Å². The lowest BCUT2D eigenvalue weighted by atomic mass is 10.1. The predicted octanol–water partition coefficient (Wildman–Crippen LogP) is 2.73. The standard InChI is InChI=1S/C21H28N4O3S/c1-15(2)13-29(26,27)18-3-4-19-16(11-18)7-10-25(19)20-12-21(24-14-23-20)28-17-5-8-22-9-6-17/h3-4,11-12,14-15,17,22H,5-10,13H2,1-2H3. The normalized spacial score (nSPS) is 17.6. The summed E-state index contributed by atoms with van der Waals surface area (Å²) >= 11 is 0. The number of hydrogen-bond acceptors (Lipinski definition) is 7. The molecule has 8 heteroatoms. The maximum absolute atomic E-state index is 12.6. The summed E-state index contributed by atoms with van der Waals surface area (Å²) in [6.45, 7) is 6.53. The molecule has 0 unspecified atom stereocenters. The summed E-state index contributed by atoms with van der Waals surface area (Å²) < 4.78 is 31.2. The van der Waals surface area contributed by atoms with Gasteiger partial charge in [0, 0.05) is 18.3 Å². The van der Waals surface area contributed by atoms with Crippen LogP contribution in [-0.4, -0.2) is 49.9 Å². The van der Waals surface area contributed by atoms with Gasteiger partial charge in [0.1, 0.15) is 18.2 Å². The van der Waals surface area contributed by atoms with E-state index in [2.05, 4.69) is 20.2 Å². The number of fused-ring (bicyclic) bond motifs is 1. The largest absolute Gasteiger partial charge is 0.474 e. The average Bonchev–Trinajstić information content (AvgIpc) is 3.11. The zero-order valence-electron chi connectivity index (χ0n) is 17.0. The van der Waals surface area contributed by atoms with Gasteiger partial charge < -0.3 is 15.0 Å². The molecule has 0 bridgehead atoms. The second-order valence-corrected chi connectivity index (χ2v) is 10.2. The van der Waals surface area contributed by atoms with Gasteiger partial charge in [0.05, 0.1) is 10.6 Å². The number of ether oxygens (including phenoxy) is 1. The minimum Gasteiger partial charge on any atom is -0.474 e. The molecule has 2 aliphatic heterocycles. The van der Waals surface area contributed by atoms with E-state index in [9.17, 15) is 8.42 Å². The molecule has 0 radical (unpaired) electrons. The highest BCUT2D eigenvalue weighted by Gasteiger charge is 2.25. The van der Waals surface area contributed by atoms with Gasteiger partial charge in [0.15, 0.2) is 9.84 Å². The Balaban J connectivity index is 1.54. The number of anilines is 2. The number of hydrogen-bond donors (Lipinski definition) is 1. The highest BCUT2D eigenvalue weighted by molar-refractivity contribution is 7.91. The molecule has 1 fully saturated rings. The minimum atomic E-state index is -3.26. The van der Waals surface area contributed by atoms with Crippen LogP contribution in [0.4, 0.5) is 11.5 Å². The quantitative estimate of drug-likeness (QED) is 0.775. The summed E-state index contributed by atoms with van der Waals surface area (Å²) in [6, 6.07) is 7.30. The molecular formula is C21H28N4O3S. The first-order chi connectivity index (χ1) is 13.9. The number of sulfone groups is 1. The Labute approximate surface area is 172 Å². The van der Waals surface area contributed by atoms with Crippen LogP contribution in [0.5, 0.6) is 5.88 Å². The maximum atomic E-state index is 12.6. The summed E-state index contributed by atoms with van der Waals surface area (Å²) in [7, 11) is -3.26. The van der Waals surface area contributed by atoms with Crippen LogP contribution in [0, 0.1) is 5.92 Å². The van der Waals surface area contributed by atoms with Crippen molar-refractivity contribution >= 4 is 21.3 Å². The number of piperidine rings is 1. The molecule has 1 aromatic heterocycles. The summed E-state index contributed by atoms with van der Waals surface area (Å²) in [4.78, 5) is 11.2. The SMILES string of the molecule is CC(C)CS(=O)(=O)c1ccc2c(c1)CCN2c1cc(OC2CCNCC2)ncn1. The van der Waals surface area contributed by atoms with E-state index in [1.54, 1.807) is 6.07 Å². The number of nitrogens with one attached hydrogen (secondary N) is 1. The smallest absolute Gasteiger partial charge is 0.218 e. The molecule has 4 rings (SSSR count). The van der Waals surface area contributed by atoms with Crippen LogP contribution in [0.3, 0.4) is 0 Å². The second-order valence-electron chi connectivity index (χ2n) is 8.15. The van der Waals surface area contributed by atoms with Gasteiger partial charge in [-0.05, 0) is 62.0 Å².